The second-order valence-corrected chi connectivity index (χ2v) is 7.08. The topological polar surface area (TPSA) is 66.5 Å². The zero-order valence-electron chi connectivity index (χ0n) is 13.4. The first kappa shape index (κ1) is 18.5. The van der Waals surface area contributed by atoms with Crippen molar-refractivity contribution in [1.82, 2.24) is 4.90 Å². The van der Waals surface area contributed by atoms with Gasteiger partial charge < -0.3 is 5.32 Å². The maximum atomic E-state index is 13.7. The smallest absolute Gasteiger partial charge is 0.261 e. The van der Waals surface area contributed by atoms with Crippen LogP contribution in [0, 0.1) is 5.82 Å². The van der Waals surface area contributed by atoms with Crippen molar-refractivity contribution >= 4 is 50.9 Å². The van der Waals surface area contributed by atoms with Crippen LogP contribution in [0.2, 0.25) is 5.02 Å². The predicted octanol–water partition coefficient (Wildman–Crippen LogP) is 4.26. The van der Waals surface area contributed by atoms with Gasteiger partial charge in [0.05, 0.1) is 16.8 Å². The molecule has 1 heterocycles. The Hall–Kier alpha value is -2.25. The quantitative estimate of drug-likeness (QED) is 0.708. The second kappa shape index (κ2) is 7.55. The Bertz CT molecular complexity index is 919. The molecule has 0 atom stereocenters. The molecule has 1 aliphatic heterocycles. The summed E-state index contributed by atoms with van der Waals surface area (Å²) in [5.74, 6) is -1.79. The minimum atomic E-state index is -0.628. The predicted molar refractivity (Wildman–Crippen MR) is 98.8 cm³/mol. The molecule has 8 heteroatoms. The Balaban J connectivity index is 1.56. The first-order valence-corrected chi connectivity index (χ1v) is 8.94. The summed E-state index contributed by atoms with van der Waals surface area (Å²) in [5, 5.41) is 2.68. The number of anilines is 1. The van der Waals surface area contributed by atoms with Crippen LogP contribution in [0.25, 0.3) is 0 Å². The molecule has 0 unspecified atom stereocenters. The van der Waals surface area contributed by atoms with Gasteiger partial charge in [-0.15, -0.1) is 0 Å². The fraction of sp³-hybridized carbons (Fsp3) is 0.167. The number of imide groups is 1. The van der Waals surface area contributed by atoms with Gasteiger partial charge in [-0.3, -0.25) is 19.3 Å². The lowest BCUT2D eigenvalue weighted by atomic mass is 10.1. The summed E-state index contributed by atoms with van der Waals surface area (Å²) in [6.07, 6.45) is 0.312. The van der Waals surface area contributed by atoms with E-state index in [1.807, 2.05) is 0 Å². The Morgan fingerprint density at radius 3 is 2.58 bits per heavy atom. The molecule has 0 aliphatic carbocycles. The minimum absolute atomic E-state index is 0.0324. The van der Waals surface area contributed by atoms with E-state index in [0.29, 0.717) is 15.6 Å². The molecule has 0 saturated heterocycles. The maximum absolute atomic E-state index is 13.7. The zero-order valence-corrected chi connectivity index (χ0v) is 15.7. The van der Waals surface area contributed by atoms with Crippen LogP contribution in [0.4, 0.5) is 10.1 Å². The number of halogens is 3. The van der Waals surface area contributed by atoms with Gasteiger partial charge in [0, 0.05) is 22.5 Å². The van der Waals surface area contributed by atoms with E-state index in [1.165, 1.54) is 12.1 Å². The molecular weight excluding hydrogens is 427 g/mol. The standard InChI is InChI=1S/C18H13BrClFN2O3/c19-10-3-5-12-13(8-10)18(26)23(17(12)25)7-1-2-16(24)22-15-6-4-11(20)9-14(15)21/h3-6,8-9H,1-2,7H2,(H,22,24). The Labute approximate surface area is 162 Å². The second-order valence-electron chi connectivity index (χ2n) is 5.73. The van der Waals surface area contributed by atoms with Crippen molar-refractivity contribution in [1.29, 1.82) is 0 Å². The molecule has 5 nitrogen and oxygen atoms in total. The largest absolute Gasteiger partial charge is 0.324 e. The molecule has 134 valence electrons. The van der Waals surface area contributed by atoms with Crippen LogP contribution >= 0.6 is 27.5 Å². The van der Waals surface area contributed by atoms with Gasteiger partial charge in [-0.05, 0) is 42.8 Å². The number of hydrogen-bond acceptors (Lipinski definition) is 3. The summed E-state index contributed by atoms with van der Waals surface area (Å²) in [7, 11) is 0. The molecule has 26 heavy (non-hydrogen) atoms. The van der Waals surface area contributed by atoms with Gasteiger partial charge in [0.25, 0.3) is 11.8 Å². The molecule has 0 aromatic heterocycles. The van der Waals surface area contributed by atoms with Crippen molar-refractivity contribution < 1.29 is 18.8 Å². The number of amides is 3. The van der Waals surface area contributed by atoms with E-state index in [-0.39, 0.29) is 41.9 Å². The zero-order chi connectivity index (χ0) is 18.8. The van der Waals surface area contributed by atoms with Gasteiger partial charge in [0.15, 0.2) is 0 Å². The Morgan fingerprint density at radius 1 is 1.12 bits per heavy atom. The number of rotatable bonds is 5. The van der Waals surface area contributed by atoms with Crippen LogP contribution in [0.15, 0.2) is 40.9 Å². The number of fused-ring (bicyclic) bond motifs is 1. The average molecular weight is 440 g/mol. The van der Waals surface area contributed by atoms with Crippen molar-refractivity contribution in [3.63, 3.8) is 0 Å². The molecule has 0 bridgehead atoms. The van der Waals surface area contributed by atoms with E-state index in [4.69, 9.17) is 11.6 Å². The monoisotopic (exact) mass is 438 g/mol. The van der Waals surface area contributed by atoms with Crippen molar-refractivity contribution in [2.45, 2.75) is 12.8 Å². The Kier molecular flexibility index (Phi) is 5.38. The average Bonchev–Trinajstić information content (AvgIpc) is 2.82. The molecule has 0 fully saturated rings. The lowest BCUT2D eigenvalue weighted by Crippen LogP contribution is -2.31. The third-order valence-corrected chi connectivity index (χ3v) is 4.65. The fourth-order valence-corrected chi connectivity index (χ4v) is 3.19. The van der Waals surface area contributed by atoms with Crippen LogP contribution < -0.4 is 5.32 Å². The normalized spacial score (nSPS) is 13.1. The first-order chi connectivity index (χ1) is 12.4. The van der Waals surface area contributed by atoms with Gasteiger partial charge >= 0.3 is 0 Å². The molecule has 2 aromatic carbocycles. The highest BCUT2D eigenvalue weighted by molar-refractivity contribution is 9.10. The third-order valence-electron chi connectivity index (χ3n) is 3.92. The third kappa shape index (κ3) is 3.78. The van der Waals surface area contributed by atoms with Gasteiger partial charge in [-0.1, -0.05) is 27.5 Å². The summed E-state index contributed by atoms with van der Waals surface area (Å²) in [6.45, 7) is 0.112. The van der Waals surface area contributed by atoms with Gasteiger partial charge in [0.1, 0.15) is 5.82 Å². The SMILES string of the molecule is O=C(CCCN1C(=O)c2ccc(Br)cc2C1=O)Nc1ccc(Cl)cc1F. The fourth-order valence-electron chi connectivity index (χ4n) is 2.67. The Morgan fingerprint density at radius 2 is 1.85 bits per heavy atom. The maximum Gasteiger partial charge on any atom is 0.261 e. The molecule has 0 saturated carbocycles. The van der Waals surface area contributed by atoms with Crippen LogP contribution in [-0.4, -0.2) is 29.2 Å². The van der Waals surface area contributed by atoms with Crippen LogP contribution in [0.3, 0.4) is 0 Å². The summed E-state index contributed by atoms with van der Waals surface area (Å²) in [6, 6.07) is 8.84. The van der Waals surface area contributed by atoms with Crippen LogP contribution in [0.5, 0.6) is 0 Å². The summed E-state index contributed by atoms with van der Waals surface area (Å²) >= 11 is 8.93. The highest BCUT2D eigenvalue weighted by Crippen LogP contribution is 2.26. The first-order valence-electron chi connectivity index (χ1n) is 7.77. The molecule has 0 spiro atoms. The summed E-state index contributed by atoms with van der Waals surface area (Å²) in [4.78, 5) is 37.7. The number of carbonyl (C=O) groups is 3. The molecule has 2 aromatic rings. The van der Waals surface area contributed by atoms with Gasteiger partial charge in [-0.2, -0.15) is 0 Å². The molecule has 1 N–H and O–H groups in total. The molecule has 3 rings (SSSR count). The van der Waals surface area contributed by atoms with E-state index in [1.54, 1.807) is 18.2 Å². The van der Waals surface area contributed by atoms with E-state index >= 15 is 0 Å². The van der Waals surface area contributed by atoms with Crippen molar-refractivity contribution in [3.8, 4) is 0 Å². The number of benzene rings is 2. The van der Waals surface area contributed by atoms with Gasteiger partial charge in [0.2, 0.25) is 5.91 Å². The van der Waals surface area contributed by atoms with E-state index < -0.39 is 11.7 Å². The summed E-state index contributed by atoms with van der Waals surface area (Å²) in [5.41, 5.74) is 0.730. The number of carbonyl (C=O) groups excluding carboxylic acids is 3. The number of nitrogens with zero attached hydrogens (tertiary/aromatic N) is 1. The van der Waals surface area contributed by atoms with Crippen LogP contribution in [-0.2, 0) is 4.79 Å². The van der Waals surface area contributed by atoms with Crippen molar-refractivity contribution in [2.75, 3.05) is 11.9 Å². The molecule has 1 aliphatic rings. The van der Waals surface area contributed by atoms with Crippen molar-refractivity contribution in [3.05, 3.63) is 62.8 Å². The number of hydrogen-bond donors (Lipinski definition) is 1. The number of nitrogens with one attached hydrogen (secondary N) is 1. The lowest BCUT2D eigenvalue weighted by Gasteiger charge is -2.13. The minimum Gasteiger partial charge on any atom is -0.324 e. The highest BCUT2D eigenvalue weighted by Gasteiger charge is 2.35. The summed E-state index contributed by atoms with van der Waals surface area (Å²) < 4.78 is 14.4. The molecule has 3 amide bonds. The highest BCUT2D eigenvalue weighted by atomic mass is 79.9. The van der Waals surface area contributed by atoms with Crippen molar-refractivity contribution in [2.24, 2.45) is 0 Å². The van der Waals surface area contributed by atoms with E-state index in [0.717, 1.165) is 11.0 Å². The van der Waals surface area contributed by atoms with Gasteiger partial charge in [-0.25, -0.2) is 4.39 Å². The molecular formula is C18H13BrClFN2O3. The lowest BCUT2D eigenvalue weighted by molar-refractivity contribution is -0.116. The van der Waals surface area contributed by atoms with E-state index in [2.05, 4.69) is 21.2 Å². The molecule has 0 radical (unpaired) electrons. The van der Waals surface area contributed by atoms with E-state index in [9.17, 15) is 18.8 Å². The van der Waals surface area contributed by atoms with Crippen LogP contribution in [0.1, 0.15) is 33.6 Å².